The van der Waals surface area contributed by atoms with Crippen molar-refractivity contribution in [2.24, 2.45) is 12.0 Å². The molecule has 0 aromatic carbocycles. The van der Waals surface area contributed by atoms with Crippen molar-refractivity contribution in [3.8, 4) is 0 Å². The molecule has 2 N–H and O–H groups in total. The molecule has 0 aliphatic heterocycles. The molecule has 1 aromatic heterocycles. The molecule has 0 saturated carbocycles. The van der Waals surface area contributed by atoms with Crippen LogP contribution in [0, 0.1) is 13.8 Å². The van der Waals surface area contributed by atoms with E-state index in [2.05, 4.69) is 20.7 Å². The lowest BCUT2D eigenvalue weighted by atomic mass is 10.1. The zero-order chi connectivity index (χ0) is 16.8. The summed E-state index contributed by atoms with van der Waals surface area (Å²) >= 11 is 0. The van der Waals surface area contributed by atoms with Crippen molar-refractivity contribution >= 4 is 5.96 Å². The van der Waals surface area contributed by atoms with E-state index in [0.717, 1.165) is 23.4 Å². The van der Waals surface area contributed by atoms with Crippen molar-refractivity contribution < 1.29 is 13.2 Å². The van der Waals surface area contributed by atoms with E-state index in [0.29, 0.717) is 19.0 Å². The maximum absolute atomic E-state index is 12.1. The normalized spacial score (nSPS) is 12.6. The molecule has 0 unspecified atom stereocenters. The molecule has 1 aromatic rings. The molecule has 22 heavy (non-hydrogen) atoms. The Labute approximate surface area is 129 Å². The summed E-state index contributed by atoms with van der Waals surface area (Å²) in [6, 6.07) is 0. The molecule has 8 heteroatoms. The van der Waals surface area contributed by atoms with Crippen LogP contribution in [0.25, 0.3) is 0 Å². The molecular weight excluding hydrogens is 295 g/mol. The Bertz CT molecular complexity index is 505. The van der Waals surface area contributed by atoms with E-state index >= 15 is 0 Å². The second kappa shape index (κ2) is 8.05. The number of aryl methyl sites for hydroxylation is 2. The van der Waals surface area contributed by atoms with Gasteiger partial charge < -0.3 is 10.6 Å². The lowest BCUT2D eigenvalue weighted by molar-refractivity contribution is -0.132. The summed E-state index contributed by atoms with van der Waals surface area (Å²) in [7, 11) is 1.89. The van der Waals surface area contributed by atoms with E-state index in [4.69, 9.17) is 0 Å². The number of nitrogens with one attached hydrogen (secondary N) is 2. The van der Waals surface area contributed by atoms with E-state index in [9.17, 15) is 13.2 Å². The number of aliphatic imine (C=N–C) groups is 1. The number of aromatic nitrogens is 2. The molecule has 0 aliphatic rings. The maximum atomic E-state index is 12.1. The first-order valence-electron chi connectivity index (χ1n) is 7.32. The van der Waals surface area contributed by atoms with Gasteiger partial charge in [-0.1, -0.05) is 0 Å². The molecule has 126 valence electrons. The lowest BCUT2D eigenvalue weighted by Gasteiger charge is -2.12. The summed E-state index contributed by atoms with van der Waals surface area (Å²) in [5, 5.41) is 10.3. The quantitative estimate of drug-likeness (QED) is 0.623. The molecule has 0 amide bonds. The smallest absolute Gasteiger partial charge is 0.357 e. The molecule has 0 aliphatic carbocycles. The van der Waals surface area contributed by atoms with Crippen LogP contribution in [0.15, 0.2) is 4.99 Å². The van der Waals surface area contributed by atoms with Crippen molar-refractivity contribution in [1.82, 2.24) is 20.4 Å². The Morgan fingerprint density at radius 1 is 1.27 bits per heavy atom. The average Bonchev–Trinajstić information content (AvgIpc) is 2.63. The van der Waals surface area contributed by atoms with Crippen LogP contribution in [0.2, 0.25) is 0 Å². The minimum absolute atomic E-state index is 0.274. The Morgan fingerprint density at radius 3 is 2.45 bits per heavy atom. The fourth-order valence-corrected chi connectivity index (χ4v) is 2.12. The molecular formula is C14H24F3N5. The second-order valence-electron chi connectivity index (χ2n) is 5.08. The fourth-order valence-electron chi connectivity index (χ4n) is 2.12. The van der Waals surface area contributed by atoms with E-state index in [1.54, 1.807) is 0 Å². The van der Waals surface area contributed by atoms with Gasteiger partial charge in [0.25, 0.3) is 0 Å². The van der Waals surface area contributed by atoms with Crippen molar-refractivity contribution in [2.45, 2.75) is 39.8 Å². The number of guanidine groups is 1. The largest absolute Gasteiger partial charge is 0.390 e. The zero-order valence-corrected chi connectivity index (χ0v) is 13.5. The Morgan fingerprint density at radius 2 is 1.95 bits per heavy atom. The summed E-state index contributed by atoms with van der Waals surface area (Å²) < 4.78 is 38.2. The molecule has 0 bridgehead atoms. The minimum atomic E-state index is -4.18. The predicted molar refractivity (Wildman–Crippen MR) is 81.0 cm³/mol. The third-order valence-corrected chi connectivity index (χ3v) is 3.34. The third-order valence-electron chi connectivity index (χ3n) is 3.34. The van der Waals surface area contributed by atoms with Gasteiger partial charge in [0.15, 0.2) is 5.96 Å². The first-order valence-corrected chi connectivity index (χ1v) is 7.32. The summed E-state index contributed by atoms with van der Waals surface area (Å²) in [6.45, 7) is 6.73. The molecule has 1 rings (SSSR count). The number of alkyl halides is 3. The van der Waals surface area contributed by atoms with Crippen LogP contribution < -0.4 is 10.6 Å². The number of nitrogens with zero attached hydrogens (tertiary/aromatic N) is 3. The Kier molecular flexibility index (Phi) is 6.70. The van der Waals surface area contributed by atoms with Gasteiger partial charge in [-0.05, 0) is 32.8 Å². The van der Waals surface area contributed by atoms with Gasteiger partial charge in [-0.3, -0.25) is 9.67 Å². The van der Waals surface area contributed by atoms with Crippen molar-refractivity contribution in [1.29, 1.82) is 0 Å². The van der Waals surface area contributed by atoms with Crippen LogP contribution in [0.1, 0.15) is 30.3 Å². The van der Waals surface area contributed by atoms with Crippen LogP contribution in [0.3, 0.4) is 0 Å². The van der Waals surface area contributed by atoms with Gasteiger partial charge >= 0.3 is 6.18 Å². The summed E-state index contributed by atoms with van der Waals surface area (Å²) in [5.41, 5.74) is 3.22. The molecule has 0 saturated heterocycles. The fraction of sp³-hybridized carbons (Fsp3) is 0.714. The maximum Gasteiger partial charge on any atom is 0.390 e. The highest BCUT2D eigenvalue weighted by Crippen LogP contribution is 2.18. The van der Waals surface area contributed by atoms with E-state index in [-0.39, 0.29) is 6.54 Å². The van der Waals surface area contributed by atoms with Crippen molar-refractivity contribution in [3.63, 3.8) is 0 Å². The van der Waals surface area contributed by atoms with Gasteiger partial charge in [-0.2, -0.15) is 18.3 Å². The second-order valence-corrected chi connectivity index (χ2v) is 5.08. The van der Waals surface area contributed by atoms with E-state index in [1.165, 1.54) is 0 Å². The predicted octanol–water partition coefficient (Wildman–Crippen LogP) is 2.09. The average molecular weight is 319 g/mol. The van der Waals surface area contributed by atoms with Crippen LogP contribution in [0.5, 0.6) is 0 Å². The summed E-state index contributed by atoms with van der Waals surface area (Å²) in [5.74, 6) is 0.408. The van der Waals surface area contributed by atoms with Gasteiger partial charge in [0, 0.05) is 25.8 Å². The van der Waals surface area contributed by atoms with Gasteiger partial charge in [0.2, 0.25) is 0 Å². The number of hydrogen-bond donors (Lipinski definition) is 2. The highest BCUT2D eigenvalue weighted by Gasteiger charge is 2.26. The van der Waals surface area contributed by atoms with Crippen molar-refractivity contribution in [2.75, 3.05) is 19.6 Å². The van der Waals surface area contributed by atoms with Gasteiger partial charge in [-0.25, -0.2) is 0 Å². The molecule has 0 fully saturated rings. The Balaban J connectivity index is 2.52. The zero-order valence-electron chi connectivity index (χ0n) is 13.5. The van der Waals surface area contributed by atoms with Gasteiger partial charge in [0.05, 0.1) is 18.7 Å². The van der Waals surface area contributed by atoms with Crippen LogP contribution in [-0.4, -0.2) is 41.6 Å². The molecule has 0 atom stereocenters. The first kappa shape index (κ1) is 18.3. The topological polar surface area (TPSA) is 54.2 Å². The van der Waals surface area contributed by atoms with Crippen LogP contribution in [0.4, 0.5) is 13.2 Å². The van der Waals surface area contributed by atoms with E-state index in [1.807, 2.05) is 32.5 Å². The first-order chi connectivity index (χ1) is 10.2. The highest BCUT2D eigenvalue weighted by atomic mass is 19.4. The number of rotatable bonds is 6. The lowest BCUT2D eigenvalue weighted by Crippen LogP contribution is -2.38. The molecule has 0 spiro atoms. The van der Waals surface area contributed by atoms with Crippen LogP contribution in [-0.2, 0) is 13.5 Å². The molecule has 0 radical (unpaired) electrons. The summed E-state index contributed by atoms with van der Waals surface area (Å²) in [6.07, 6.45) is -4.34. The number of halogens is 3. The third kappa shape index (κ3) is 5.95. The Hall–Kier alpha value is -1.73. The molecule has 1 heterocycles. The van der Waals surface area contributed by atoms with Crippen LogP contribution >= 0.6 is 0 Å². The van der Waals surface area contributed by atoms with Gasteiger partial charge in [0.1, 0.15) is 0 Å². The standard InChI is InChI=1S/C14H24F3N5/c1-5-18-13(20-9-7-14(15,16)17)19-8-6-12-10(2)21-22(4)11(12)3/h5-9H2,1-4H3,(H2,18,19,20). The molecule has 5 nitrogen and oxygen atoms in total. The summed E-state index contributed by atoms with van der Waals surface area (Å²) in [4.78, 5) is 3.93. The SMILES string of the molecule is CCNC(=NCCC(F)(F)F)NCCc1c(C)nn(C)c1C. The number of hydrogen-bond acceptors (Lipinski definition) is 2. The highest BCUT2D eigenvalue weighted by molar-refractivity contribution is 5.79. The minimum Gasteiger partial charge on any atom is -0.357 e. The van der Waals surface area contributed by atoms with Gasteiger partial charge in [-0.15, -0.1) is 0 Å². The van der Waals surface area contributed by atoms with E-state index < -0.39 is 12.6 Å². The van der Waals surface area contributed by atoms with Crippen molar-refractivity contribution in [3.05, 3.63) is 17.0 Å². The monoisotopic (exact) mass is 319 g/mol.